The lowest BCUT2D eigenvalue weighted by atomic mass is 9.42. The Labute approximate surface area is 225 Å². The molecule has 0 spiro atoms. The molecule has 5 heteroatoms. The number of fused-ring (bicyclic) bond motifs is 5. The first-order valence-electron chi connectivity index (χ1n) is 15.0. The first-order chi connectivity index (χ1) is 17.2. The minimum atomic E-state index is -1.17. The highest BCUT2D eigenvalue weighted by Gasteiger charge is 2.68. The molecule has 5 nitrogen and oxygen atoms in total. The smallest absolute Gasteiger partial charge is 0.303 e. The summed E-state index contributed by atoms with van der Waals surface area (Å²) in [6, 6.07) is 0. The van der Waals surface area contributed by atoms with E-state index in [1.807, 2.05) is 0 Å². The predicted molar refractivity (Wildman–Crippen MR) is 146 cm³/mol. The van der Waals surface area contributed by atoms with Gasteiger partial charge in [-0.2, -0.15) is 0 Å². The van der Waals surface area contributed by atoms with E-state index in [4.69, 9.17) is 9.47 Å². The number of aliphatic hydroxyl groups is 1. The predicted octanol–water partition coefficient (Wildman–Crippen LogP) is 6.86. The van der Waals surface area contributed by atoms with Gasteiger partial charge >= 0.3 is 11.9 Å². The number of rotatable bonds is 7. The molecule has 0 aliphatic heterocycles. The van der Waals surface area contributed by atoms with Gasteiger partial charge in [-0.25, -0.2) is 0 Å². The summed E-state index contributed by atoms with van der Waals surface area (Å²) in [6.45, 7) is 18.9. The SMILES string of the molecule is C=C(CC[C@@H](C)[C@H]1CC[C@H]2[C@@H]3C[C@@H](OC(C)=O)[C@@]4(O)C[C@@H](OC(C)=O)CC[C@]4(C)[C@H]3CC[C@]12C)C(C)C. The molecule has 4 aliphatic rings. The van der Waals surface area contributed by atoms with E-state index in [0.717, 1.165) is 25.7 Å². The largest absolute Gasteiger partial charge is 0.462 e. The Bertz CT molecular complexity index is 896. The van der Waals surface area contributed by atoms with Crippen molar-refractivity contribution in [3.05, 3.63) is 12.2 Å². The van der Waals surface area contributed by atoms with Crippen molar-refractivity contribution < 1.29 is 24.2 Å². The lowest BCUT2D eigenvalue weighted by molar-refractivity contribution is -0.271. The van der Waals surface area contributed by atoms with Gasteiger partial charge in [0.05, 0.1) is 0 Å². The van der Waals surface area contributed by atoms with Crippen molar-refractivity contribution >= 4 is 11.9 Å². The molecular weight excluding hydrogens is 464 g/mol. The van der Waals surface area contributed by atoms with Gasteiger partial charge in [0.15, 0.2) is 0 Å². The molecule has 0 amide bonds. The van der Waals surface area contributed by atoms with E-state index in [9.17, 15) is 14.7 Å². The average molecular weight is 517 g/mol. The highest BCUT2D eigenvalue weighted by Crippen LogP contribution is 2.69. The summed E-state index contributed by atoms with van der Waals surface area (Å²) in [6.07, 6.45) is 8.90. The van der Waals surface area contributed by atoms with E-state index in [0.29, 0.717) is 53.8 Å². The molecule has 0 heterocycles. The van der Waals surface area contributed by atoms with Crippen LogP contribution in [0.25, 0.3) is 0 Å². The molecule has 0 aromatic rings. The zero-order valence-corrected chi connectivity index (χ0v) is 24.5. The average Bonchev–Trinajstić information content (AvgIpc) is 3.15. The molecule has 0 unspecified atom stereocenters. The van der Waals surface area contributed by atoms with E-state index in [-0.39, 0.29) is 23.5 Å². The zero-order chi connectivity index (χ0) is 27.3. The monoisotopic (exact) mass is 516 g/mol. The maximum atomic E-state index is 12.3. The first kappa shape index (κ1) is 28.6. The summed E-state index contributed by atoms with van der Waals surface area (Å²) in [5.74, 6) is 2.71. The van der Waals surface area contributed by atoms with Crippen LogP contribution in [0.2, 0.25) is 0 Å². The first-order valence-corrected chi connectivity index (χ1v) is 15.0. The molecule has 10 atom stereocenters. The number of ether oxygens (including phenoxy) is 2. The van der Waals surface area contributed by atoms with Gasteiger partial charge in [0.25, 0.3) is 0 Å². The summed E-state index contributed by atoms with van der Waals surface area (Å²) in [4.78, 5) is 23.9. The number of allylic oxidation sites excluding steroid dienone is 1. The van der Waals surface area contributed by atoms with Crippen LogP contribution in [0, 0.1) is 46.3 Å². The van der Waals surface area contributed by atoms with Gasteiger partial charge in [-0.05, 0) is 98.7 Å². The van der Waals surface area contributed by atoms with E-state index >= 15 is 0 Å². The van der Waals surface area contributed by atoms with Gasteiger partial charge in [-0.1, -0.05) is 46.8 Å². The Kier molecular flexibility index (Phi) is 7.99. The Morgan fingerprint density at radius 3 is 2.27 bits per heavy atom. The highest BCUT2D eigenvalue weighted by molar-refractivity contribution is 5.66. The lowest BCUT2D eigenvalue weighted by Crippen LogP contribution is -2.69. The third kappa shape index (κ3) is 4.92. The Morgan fingerprint density at radius 1 is 0.973 bits per heavy atom. The highest BCUT2D eigenvalue weighted by atomic mass is 16.6. The van der Waals surface area contributed by atoms with E-state index in [1.165, 1.54) is 45.1 Å². The maximum Gasteiger partial charge on any atom is 0.303 e. The van der Waals surface area contributed by atoms with Crippen LogP contribution in [-0.2, 0) is 19.1 Å². The summed E-state index contributed by atoms with van der Waals surface area (Å²) >= 11 is 0. The second kappa shape index (κ2) is 10.3. The fourth-order valence-electron chi connectivity index (χ4n) is 9.77. The van der Waals surface area contributed by atoms with Crippen LogP contribution in [0.5, 0.6) is 0 Å². The topological polar surface area (TPSA) is 72.8 Å². The van der Waals surface area contributed by atoms with Gasteiger partial charge in [0.1, 0.15) is 17.8 Å². The minimum Gasteiger partial charge on any atom is -0.462 e. The van der Waals surface area contributed by atoms with Crippen LogP contribution in [0.4, 0.5) is 0 Å². The summed E-state index contributed by atoms with van der Waals surface area (Å²) in [5.41, 5.74) is 0.131. The fraction of sp³-hybridized carbons (Fsp3) is 0.875. The molecule has 4 saturated carbocycles. The lowest BCUT2D eigenvalue weighted by Gasteiger charge is -2.65. The quantitative estimate of drug-likeness (QED) is 0.295. The van der Waals surface area contributed by atoms with Crippen molar-refractivity contribution in [1.82, 2.24) is 0 Å². The van der Waals surface area contributed by atoms with Gasteiger partial charge in [0, 0.05) is 25.7 Å². The zero-order valence-electron chi connectivity index (χ0n) is 24.5. The minimum absolute atomic E-state index is 0.293. The Balaban J connectivity index is 1.59. The number of hydrogen-bond acceptors (Lipinski definition) is 5. The molecule has 4 aliphatic carbocycles. The normalized spacial score (nSPS) is 43.8. The van der Waals surface area contributed by atoms with Gasteiger partial charge in [-0.15, -0.1) is 0 Å². The fourth-order valence-corrected chi connectivity index (χ4v) is 9.77. The van der Waals surface area contributed by atoms with Crippen molar-refractivity contribution in [1.29, 1.82) is 0 Å². The standard InChI is InChI=1S/C32H52O5/c1-19(2)20(3)9-10-21(4)26-11-12-27-25-17-29(37-23(6)34)32(35)18-24(36-22(5)33)13-16-31(32,8)28(25)14-15-30(26,27)7/h19,21,24-29,35H,3,9-18H2,1-2,4-8H3/t21-,24+,25+,26-,27+,28+,29-,30-,31-,32+/m1/s1. The van der Waals surface area contributed by atoms with E-state index in [2.05, 4.69) is 41.2 Å². The van der Waals surface area contributed by atoms with Crippen molar-refractivity contribution in [2.45, 2.75) is 130 Å². The van der Waals surface area contributed by atoms with Crippen molar-refractivity contribution in [3.63, 3.8) is 0 Å². The molecule has 37 heavy (non-hydrogen) atoms. The molecule has 0 saturated heterocycles. The van der Waals surface area contributed by atoms with Crippen molar-refractivity contribution in [2.75, 3.05) is 0 Å². The molecule has 1 N–H and O–H groups in total. The van der Waals surface area contributed by atoms with Gasteiger partial charge < -0.3 is 14.6 Å². The van der Waals surface area contributed by atoms with E-state index < -0.39 is 11.7 Å². The maximum absolute atomic E-state index is 12.3. The van der Waals surface area contributed by atoms with Crippen LogP contribution in [0.1, 0.15) is 113 Å². The second-order valence-corrected chi connectivity index (χ2v) is 14.1. The van der Waals surface area contributed by atoms with Crippen LogP contribution in [0.3, 0.4) is 0 Å². The van der Waals surface area contributed by atoms with Crippen LogP contribution >= 0.6 is 0 Å². The third-order valence-corrected chi connectivity index (χ3v) is 11.9. The molecule has 4 rings (SSSR count). The summed E-state index contributed by atoms with van der Waals surface area (Å²) in [7, 11) is 0. The third-order valence-electron chi connectivity index (χ3n) is 11.9. The summed E-state index contributed by atoms with van der Waals surface area (Å²) < 4.78 is 11.5. The Morgan fingerprint density at radius 2 is 1.65 bits per heavy atom. The van der Waals surface area contributed by atoms with Crippen molar-refractivity contribution in [3.8, 4) is 0 Å². The molecule has 4 fully saturated rings. The Hall–Kier alpha value is -1.36. The van der Waals surface area contributed by atoms with E-state index in [1.54, 1.807) is 0 Å². The second-order valence-electron chi connectivity index (χ2n) is 14.1. The van der Waals surface area contributed by atoms with Crippen molar-refractivity contribution in [2.24, 2.45) is 46.3 Å². The number of hydrogen-bond donors (Lipinski definition) is 1. The molecule has 0 radical (unpaired) electrons. The van der Waals surface area contributed by atoms with Crippen LogP contribution < -0.4 is 0 Å². The molecule has 0 bridgehead atoms. The molecule has 0 aromatic carbocycles. The number of esters is 2. The molecular formula is C32H52O5. The number of carbonyl (C=O) groups excluding carboxylic acids is 2. The van der Waals surface area contributed by atoms with Crippen LogP contribution in [-0.4, -0.2) is 34.9 Å². The summed E-state index contributed by atoms with van der Waals surface area (Å²) in [5, 5.41) is 12.3. The van der Waals surface area contributed by atoms with Gasteiger partial charge in [-0.3, -0.25) is 9.59 Å². The molecule has 210 valence electrons. The molecule has 0 aromatic heterocycles. The van der Waals surface area contributed by atoms with Gasteiger partial charge in [0.2, 0.25) is 0 Å². The number of carbonyl (C=O) groups is 2. The van der Waals surface area contributed by atoms with Crippen LogP contribution in [0.15, 0.2) is 12.2 Å².